The van der Waals surface area contributed by atoms with Crippen molar-refractivity contribution in [1.29, 1.82) is 0 Å². The molecule has 1 aliphatic carbocycles. The molecule has 0 aliphatic heterocycles. The Morgan fingerprint density at radius 3 is 2.71 bits per heavy atom. The Morgan fingerprint density at radius 2 is 1.94 bits per heavy atom. The molecule has 3 aromatic heterocycles. The van der Waals surface area contributed by atoms with Gasteiger partial charge in [-0.25, -0.2) is 4.68 Å². The van der Waals surface area contributed by atoms with Crippen molar-refractivity contribution in [3.63, 3.8) is 0 Å². The van der Waals surface area contributed by atoms with Crippen molar-refractivity contribution in [2.75, 3.05) is 0 Å². The van der Waals surface area contributed by atoms with Crippen LogP contribution in [-0.2, 0) is 6.54 Å². The number of aliphatic hydroxyl groups is 1. The Morgan fingerprint density at radius 1 is 1.10 bits per heavy atom. The number of nitrogens with zero attached hydrogens (tertiary/aromatic N) is 4. The number of amides is 1. The molecule has 1 amide bonds. The molecular formula is C24H25N5O2. The average molecular weight is 415 g/mol. The number of benzene rings is 1. The quantitative estimate of drug-likeness (QED) is 0.524. The smallest absolute Gasteiger partial charge is 0.255 e. The van der Waals surface area contributed by atoms with E-state index < -0.39 is 6.10 Å². The molecule has 1 fully saturated rings. The van der Waals surface area contributed by atoms with E-state index in [1.807, 2.05) is 47.4 Å². The highest BCUT2D eigenvalue weighted by atomic mass is 16.3. The van der Waals surface area contributed by atoms with Crippen molar-refractivity contribution in [1.82, 2.24) is 24.6 Å². The van der Waals surface area contributed by atoms with E-state index in [0.717, 1.165) is 42.5 Å². The van der Waals surface area contributed by atoms with Gasteiger partial charge in [0, 0.05) is 31.3 Å². The highest BCUT2D eigenvalue weighted by molar-refractivity contribution is 6.05. The van der Waals surface area contributed by atoms with Crippen LogP contribution in [0.5, 0.6) is 0 Å². The summed E-state index contributed by atoms with van der Waals surface area (Å²) in [7, 11) is 0. The highest BCUT2D eigenvalue weighted by Crippen LogP contribution is 2.23. The minimum absolute atomic E-state index is 0.178. The zero-order valence-electron chi connectivity index (χ0n) is 17.2. The fraction of sp³-hybridized carbons (Fsp3) is 0.292. The Hall–Kier alpha value is -3.45. The SMILES string of the molecule is O=C(N[C@H]1CCCCC1O)c1cn(Cc2ccc(-n3cccn3)cc2)c2cccnc12. The first kappa shape index (κ1) is 19.5. The maximum absolute atomic E-state index is 13.0. The standard InChI is InChI=1S/C24H25N5O2/c30-22-7-2-1-5-20(22)27-24(31)19-16-28(21-6-3-12-25-23(19)21)15-17-8-10-18(11-9-17)29-14-4-13-26-29/h3-4,6,8-14,16,20,22,30H,1-2,5,7,15H2,(H,27,31)/t20-,22?/m0/s1. The van der Waals surface area contributed by atoms with E-state index in [4.69, 9.17) is 0 Å². The van der Waals surface area contributed by atoms with Gasteiger partial charge >= 0.3 is 0 Å². The molecule has 7 heteroatoms. The molecule has 1 saturated carbocycles. The number of carbonyl (C=O) groups is 1. The largest absolute Gasteiger partial charge is 0.391 e. The van der Waals surface area contributed by atoms with E-state index in [-0.39, 0.29) is 11.9 Å². The number of hydrogen-bond acceptors (Lipinski definition) is 4. The van der Waals surface area contributed by atoms with Crippen molar-refractivity contribution in [2.45, 2.75) is 44.4 Å². The van der Waals surface area contributed by atoms with Gasteiger partial charge in [0.25, 0.3) is 5.91 Å². The van der Waals surface area contributed by atoms with Gasteiger partial charge in [-0.3, -0.25) is 9.78 Å². The summed E-state index contributed by atoms with van der Waals surface area (Å²) in [4.78, 5) is 17.5. The number of aromatic nitrogens is 4. The molecular weight excluding hydrogens is 390 g/mol. The molecule has 1 unspecified atom stereocenters. The van der Waals surface area contributed by atoms with Crippen LogP contribution in [0, 0.1) is 0 Å². The zero-order chi connectivity index (χ0) is 21.2. The van der Waals surface area contributed by atoms with Crippen LogP contribution < -0.4 is 5.32 Å². The summed E-state index contributed by atoms with van der Waals surface area (Å²) < 4.78 is 3.87. The monoisotopic (exact) mass is 415 g/mol. The van der Waals surface area contributed by atoms with Crippen LogP contribution >= 0.6 is 0 Å². The highest BCUT2D eigenvalue weighted by Gasteiger charge is 2.26. The zero-order valence-corrected chi connectivity index (χ0v) is 17.2. The number of hydrogen-bond donors (Lipinski definition) is 2. The molecule has 2 N–H and O–H groups in total. The third-order valence-corrected chi connectivity index (χ3v) is 5.98. The van der Waals surface area contributed by atoms with Gasteiger partial charge in [-0.15, -0.1) is 0 Å². The first-order valence-electron chi connectivity index (χ1n) is 10.7. The first-order valence-corrected chi connectivity index (χ1v) is 10.7. The number of carbonyl (C=O) groups excluding carboxylic acids is 1. The summed E-state index contributed by atoms with van der Waals surface area (Å²) in [6.45, 7) is 0.626. The molecule has 4 aromatic rings. The van der Waals surface area contributed by atoms with Crippen molar-refractivity contribution >= 4 is 16.9 Å². The lowest BCUT2D eigenvalue weighted by Crippen LogP contribution is -2.45. The predicted molar refractivity (Wildman–Crippen MR) is 118 cm³/mol. The Bertz CT molecular complexity index is 1180. The van der Waals surface area contributed by atoms with Crippen LogP contribution in [0.15, 0.2) is 67.3 Å². The lowest BCUT2D eigenvalue weighted by atomic mass is 9.92. The van der Waals surface area contributed by atoms with Crippen LogP contribution in [0.2, 0.25) is 0 Å². The second-order valence-electron chi connectivity index (χ2n) is 8.09. The molecule has 0 spiro atoms. The molecule has 7 nitrogen and oxygen atoms in total. The number of fused-ring (bicyclic) bond motifs is 1. The van der Waals surface area contributed by atoms with E-state index in [1.165, 1.54) is 0 Å². The molecule has 0 saturated heterocycles. The average Bonchev–Trinajstić information content (AvgIpc) is 3.45. The minimum Gasteiger partial charge on any atom is -0.391 e. The van der Waals surface area contributed by atoms with Crippen LogP contribution in [-0.4, -0.2) is 42.5 Å². The minimum atomic E-state index is -0.479. The molecule has 0 bridgehead atoms. The maximum Gasteiger partial charge on any atom is 0.255 e. The van der Waals surface area contributed by atoms with Gasteiger partial charge in [0.1, 0.15) is 5.52 Å². The van der Waals surface area contributed by atoms with E-state index >= 15 is 0 Å². The number of rotatable bonds is 5. The Kier molecular flexibility index (Phi) is 5.26. The fourth-order valence-corrected chi connectivity index (χ4v) is 4.32. The van der Waals surface area contributed by atoms with Gasteiger partial charge in [0.15, 0.2) is 0 Å². The summed E-state index contributed by atoms with van der Waals surface area (Å²) in [5.74, 6) is -0.178. The van der Waals surface area contributed by atoms with E-state index in [2.05, 4.69) is 32.1 Å². The van der Waals surface area contributed by atoms with Crippen LogP contribution in [0.4, 0.5) is 0 Å². The third-order valence-electron chi connectivity index (χ3n) is 5.98. The molecule has 3 heterocycles. The topological polar surface area (TPSA) is 85.0 Å². The van der Waals surface area contributed by atoms with Gasteiger partial charge in [0.05, 0.1) is 28.9 Å². The van der Waals surface area contributed by atoms with Crippen molar-refractivity contribution in [2.24, 2.45) is 0 Å². The van der Waals surface area contributed by atoms with Gasteiger partial charge in [-0.2, -0.15) is 5.10 Å². The van der Waals surface area contributed by atoms with E-state index in [9.17, 15) is 9.90 Å². The summed E-state index contributed by atoms with van der Waals surface area (Å²) in [6, 6.07) is 13.8. The third kappa shape index (κ3) is 3.96. The summed E-state index contributed by atoms with van der Waals surface area (Å²) in [6.07, 6.45) is 10.3. The molecule has 1 aromatic carbocycles. The Balaban J connectivity index is 1.40. The van der Waals surface area contributed by atoms with Crippen molar-refractivity contribution < 1.29 is 9.90 Å². The van der Waals surface area contributed by atoms with Gasteiger partial charge < -0.3 is 15.0 Å². The van der Waals surface area contributed by atoms with Crippen LogP contribution in [0.25, 0.3) is 16.7 Å². The number of pyridine rings is 1. The molecule has 1 aliphatic rings. The molecule has 158 valence electrons. The first-order chi connectivity index (χ1) is 15.2. The van der Waals surface area contributed by atoms with E-state index in [0.29, 0.717) is 17.6 Å². The predicted octanol–water partition coefficient (Wildman–Crippen LogP) is 3.30. The van der Waals surface area contributed by atoms with E-state index in [1.54, 1.807) is 12.4 Å². The molecule has 2 atom stereocenters. The maximum atomic E-state index is 13.0. The number of nitrogens with one attached hydrogen (secondary N) is 1. The second-order valence-corrected chi connectivity index (χ2v) is 8.09. The summed E-state index contributed by atoms with van der Waals surface area (Å²) in [5.41, 5.74) is 4.25. The summed E-state index contributed by atoms with van der Waals surface area (Å²) in [5, 5.41) is 17.5. The van der Waals surface area contributed by atoms with Crippen molar-refractivity contribution in [3.05, 3.63) is 78.4 Å². The Labute approximate surface area is 180 Å². The lowest BCUT2D eigenvalue weighted by molar-refractivity contribution is 0.0718. The van der Waals surface area contributed by atoms with Crippen LogP contribution in [0.1, 0.15) is 41.6 Å². The lowest BCUT2D eigenvalue weighted by Gasteiger charge is -2.28. The summed E-state index contributed by atoms with van der Waals surface area (Å²) >= 11 is 0. The molecule has 0 radical (unpaired) electrons. The normalized spacial score (nSPS) is 18.9. The van der Waals surface area contributed by atoms with Crippen LogP contribution in [0.3, 0.4) is 0 Å². The van der Waals surface area contributed by atoms with Gasteiger partial charge in [0.2, 0.25) is 0 Å². The number of aliphatic hydroxyl groups excluding tert-OH is 1. The molecule has 31 heavy (non-hydrogen) atoms. The molecule has 5 rings (SSSR count). The van der Waals surface area contributed by atoms with Crippen molar-refractivity contribution in [3.8, 4) is 5.69 Å². The second kappa shape index (κ2) is 8.35. The van der Waals surface area contributed by atoms with Gasteiger partial charge in [-0.1, -0.05) is 25.0 Å². The fourth-order valence-electron chi connectivity index (χ4n) is 4.32. The van der Waals surface area contributed by atoms with Gasteiger partial charge in [-0.05, 0) is 48.7 Å².